The molecule has 1 aromatic carbocycles. The van der Waals surface area contributed by atoms with Crippen LogP contribution in [0.1, 0.15) is 58.6 Å². The Morgan fingerprint density at radius 1 is 1.32 bits per heavy atom. The van der Waals surface area contributed by atoms with Crippen LogP contribution in [0.25, 0.3) is 0 Å². The lowest BCUT2D eigenvalue weighted by Crippen LogP contribution is -2.44. The molecule has 2 atom stereocenters. The quantitative estimate of drug-likeness (QED) is 0.592. The van der Waals surface area contributed by atoms with E-state index in [9.17, 15) is 4.79 Å². The van der Waals surface area contributed by atoms with Gasteiger partial charge in [0.25, 0.3) is 0 Å². The van der Waals surface area contributed by atoms with Crippen LogP contribution in [-0.2, 0) is 4.74 Å². The Hall–Kier alpha value is -2.24. The number of hydrogen-bond donors (Lipinski definition) is 2. The molecular formula is C22H36N4O2. The minimum Gasteiger partial charge on any atom is -0.444 e. The van der Waals surface area contributed by atoms with E-state index in [4.69, 9.17) is 4.74 Å². The second-order valence-corrected chi connectivity index (χ2v) is 8.50. The van der Waals surface area contributed by atoms with Crippen molar-refractivity contribution in [3.63, 3.8) is 0 Å². The molecule has 2 unspecified atom stereocenters. The number of benzene rings is 1. The molecule has 0 bridgehead atoms. The highest BCUT2D eigenvalue weighted by Gasteiger charge is 2.27. The van der Waals surface area contributed by atoms with E-state index in [0.29, 0.717) is 5.92 Å². The average molecular weight is 389 g/mol. The lowest BCUT2D eigenvalue weighted by atomic mass is 9.95. The molecule has 156 valence electrons. The highest BCUT2D eigenvalue weighted by Crippen LogP contribution is 2.21. The van der Waals surface area contributed by atoms with Crippen molar-refractivity contribution in [1.29, 1.82) is 0 Å². The van der Waals surface area contributed by atoms with Gasteiger partial charge in [-0.2, -0.15) is 0 Å². The molecule has 1 aromatic rings. The molecule has 1 aliphatic heterocycles. The fraction of sp³-hybridized carbons (Fsp3) is 0.636. The van der Waals surface area contributed by atoms with Crippen LogP contribution in [-0.4, -0.2) is 49.2 Å². The highest BCUT2D eigenvalue weighted by molar-refractivity contribution is 5.80. The Kier molecular flexibility index (Phi) is 8.15. The van der Waals surface area contributed by atoms with Crippen molar-refractivity contribution in [2.75, 3.05) is 26.7 Å². The first-order valence-electron chi connectivity index (χ1n) is 10.3. The van der Waals surface area contributed by atoms with Crippen LogP contribution in [0.3, 0.4) is 0 Å². The topological polar surface area (TPSA) is 66.0 Å². The monoisotopic (exact) mass is 388 g/mol. The van der Waals surface area contributed by atoms with Gasteiger partial charge in [0.1, 0.15) is 5.60 Å². The summed E-state index contributed by atoms with van der Waals surface area (Å²) in [5.74, 6) is 1.29. The molecule has 2 rings (SSSR count). The Labute approximate surface area is 169 Å². The van der Waals surface area contributed by atoms with E-state index in [1.165, 1.54) is 5.56 Å². The maximum atomic E-state index is 12.3. The number of piperidine rings is 1. The summed E-state index contributed by atoms with van der Waals surface area (Å²) in [4.78, 5) is 18.5. The van der Waals surface area contributed by atoms with E-state index >= 15 is 0 Å². The van der Waals surface area contributed by atoms with Gasteiger partial charge in [-0.15, -0.1) is 0 Å². The van der Waals surface area contributed by atoms with E-state index < -0.39 is 5.60 Å². The SMILES string of the molecule is CN=C(NCCC1CCCN(C(=O)OC(C)(C)C)C1)NC(C)c1ccccc1. The predicted octanol–water partition coefficient (Wildman–Crippen LogP) is 3.95. The lowest BCUT2D eigenvalue weighted by Gasteiger charge is -2.34. The van der Waals surface area contributed by atoms with E-state index in [2.05, 4.69) is 34.7 Å². The molecule has 28 heavy (non-hydrogen) atoms. The summed E-state index contributed by atoms with van der Waals surface area (Å²) < 4.78 is 5.51. The number of carbonyl (C=O) groups is 1. The van der Waals surface area contributed by atoms with Crippen molar-refractivity contribution in [2.45, 2.75) is 58.6 Å². The maximum absolute atomic E-state index is 12.3. The molecule has 1 amide bonds. The summed E-state index contributed by atoms with van der Waals surface area (Å²) in [7, 11) is 1.79. The van der Waals surface area contributed by atoms with Crippen molar-refractivity contribution in [1.82, 2.24) is 15.5 Å². The highest BCUT2D eigenvalue weighted by atomic mass is 16.6. The summed E-state index contributed by atoms with van der Waals surface area (Å²) in [5, 5.41) is 6.83. The van der Waals surface area contributed by atoms with Gasteiger partial charge in [0.15, 0.2) is 5.96 Å². The molecule has 1 fully saturated rings. The third kappa shape index (κ3) is 7.41. The molecule has 6 nitrogen and oxygen atoms in total. The molecule has 1 heterocycles. The Morgan fingerprint density at radius 2 is 2.04 bits per heavy atom. The van der Waals surface area contributed by atoms with Crippen molar-refractivity contribution in [3.8, 4) is 0 Å². The number of hydrogen-bond acceptors (Lipinski definition) is 3. The summed E-state index contributed by atoms with van der Waals surface area (Å²) >= 11 is 0. The second kappa shape index (κ2) is 10.3. The van der Waals surface area contributed by atoms with Crippen LogP contribution in [0.4, 0.5) is 4.79 Å². The van der Waals surface area contributed by atoms with Crippen LogP contribution in [0.15, 0.2) is 35.3 Å². The van der Waals surface area contributed by atoms with E-state index in [0.717, 1.165) is 44.9 Å². The van der Waals surface area contributed by atoms with Gasteiger partial charge in [0.05, 0.1) is 6.04 Å². The first kappa shape index (κ1) is 22.1. The van der Waals surface area contributed by atoms with Crippen LogP contribution < -0.4 is 10.6 Å². The standard InChI is InChI=1S/C22H36N4O2/c1-17(19-11-7-6-8-12-19)25-20(23-5)24-14-13-18-10-9-15-26(16-18)21(27)28-22(2,3)4/h6-8,11-12,17-18H,9-10,13-16H2,1-5H3,(H2,23,24,25). The largest absolute Gasteiger partial charge is 0.444 e. The summed E-state index contributed by atoms with van der Waals surface area (Å²) in [6, 6.07) is 10.5. The molecular weight excluding hydrogens is 352 g/mol. The molecule has 0 spiro atoms. The van der Waals surface area contributed by atoms with Gasteiger partial charge in [0.2, 0.25) is 0 Å². The number of likely N-dealkylation sites (tertiary alicyclic amines) is 1. The molecule has 0 saturated carbocycles. The van der Waals surface area contributed by atoms with Crippen LogP contribution in [0.2, 0.25) is 0 Å². The van der Waals surface area contributed by atoms with Gasteiger partial charge in [-0.3, -0.25) is 4.99 Å². The van der Waals surface area contributed by atoms with Crippen molar-refractivity contribution in [3.05, 3.63) is 35.9 Å². The Balaban J connectivity index is 1.76. The number of ether oxygens (including phenoxy) is 1. The predicted molar refractivity (Wildman–Crippen MR) is 115 cm³/mol. The first-order chi connectivity index (χ1) is 13.3. The molecule has 0 aromatic heterocycles. The third-order valence-corrected chi connectivity index (χ3v) is 4.89. The van der Waals surface area contributed by atoms with Gasteiger partial charge in [-0.05, 0) is 58.4 Å². The first-order valence-corrected chi connectivity index (χ1v) is 10.3. The molecule has 1 aliphatic rings. The summed E-state index contributed by atoms with van der Waals surface area (Å²) in [5.41, 5.74) is 0.782. The lowest BCUT2D eigenvalue weighted by molar-refractivity contribution is 0.0162. The zero-order valence-electron chi connectivity index (χ0n) is 18.0. The molecule has 0 aliphatic carbocycles. The van der Waals surface area contributed by atoms with Crippen LogP contribution in [0, 0.1) is 5.92 Å². The zero-order valence-corrected chi connectivity index (χ0v) is 18.0. The minimum absolute atomic E-state index is 0.185. The van der Waals surface area contributed by atoms with Gasteiger partial charge < -0.3 is 20.3 Å². The zero-order chi connectivity index (χ0) is 20.6. The molecule has 6 heteroatoms. The maximum Gasteiger partial charge on any atom is 0.410 e. The third-order valence-electron chi connectivity index (χ3n) is 4.89. The number of rotatable bonds is 5. The molecule has 2 N–H and O–H groups in total. The van der Waals surface area contributed by atoms with Gasteiger partial charge >= 0.3 is 6.09 Å². The number of carbonyl (C=O) groups excluding carboxylic acids is 1. The molecule has 1 saturated heterocycles. The van der Waals surface area contributed by atoms with Crippen molar-refractivity contribution >= 4 is 12.1 Å². The number of amides is 1. The fourth-order valence-corrected chi connectivity index (χ4v) is 3.41. The summed E-state index contributed by atoms with van der Waals surface area (Å²) in [6.07, 6.45) is 2.98. The Morgan fingerprint density at radius 3 is 2.68 bits per heavy atom. The Bertz CT molecular complexity index is 640. The minimum atomic E-state index is -0.445. The number of nitrogens with zero attached hydrogens (tertiary/aromatic N) is 2. The second-order valence-electron chi connectivity index (χ2n) is 8.50. The van der Waals surface area contributed by atoms with E-state index in [1.807, 2.05) is 43.9 Å². The van der Waals surface area contributed by atoms with Crippen molar-refractivity contribution in [2.24, 2.45) is 10.9 Å². The van der Waals surface area contributed by atoms with Gasteiger partial charge in [-0.25, -0.2) is 4.79 Å². The van der Waals surface area contributed by atoms with Gasteiger partial charge in [-0.1, -0.05) is 30.3 Å². The van der Waals surface area contributed by atoms with E-state index in [-0.39, 0.29) is 12.1 Å². The number of guanidine groups is 1. The van der Waals surface area contributed by atoms with Crippen molar-refractivity contribution < 1.29 is 9.53 Å². The number of nitrogens with one attached hydrogen (secondary N) is 2. The van der Waals surface area contributed by atoms with E-state index in [1.54, 1.807) is 7.05 Å². The summed E-state index contributed by atoms with van der Waals surface area (Å²) in [6.45, 7) is 10.2. The normalized spacial score (nSPS) is 19.1. The fourth-order valence-electron chi connectivity index (χ4n) is 3.41. The molecule has 0 radical (unpaired) electrons. The average Bonchev–Trinajstić information content (AvgIpc) is 2.66. The van der Waals surface area contributed by atoms with Gasteiger partial charge in [0, 0.05) is 26.7 Å². The van der Waals surface area contributed by atoms with Crippen LogP contribution in [0.5, 0.6) is 0 Å². The smallest absolute Gasteiger partial charge is 0.410 e. The number of aliphatic imine (C=N–C) groups is 1. The van der Waals surface area contributed by atoms with Crippen LogP contribution >= 0.6 is 0 Å².